The molecule has 0 spiro atoms. The van der Waals surface area contributed by atoms with Crippen LogP contribution in [0.4, 0.5) is 5.69 Å². The zero-order valence-electron chi connectivity index (χ0n) is 16.2. The van der Waals surface area contributed by atoms with Gasteiger partial charge in [0.25, 0.3) is 11.8 Å². The van der Waals surface area contributed by atoms with Gasteiger partial charge in [0, 0.05) is 13.0 Å². The number of amides is 5. The smallest absolute Gasteiger partial charge is 0.264 e. The van der Waals surface area contributed by atoms with Crippen molar-refractivity contribution in [3.05, 3.63) is 29.3 Å². The molecule has 1 fully saturated rings. The Balaban J connectivity index is 1.72. The van der Waals surface area contributed by atoms with Gasteiger partial charge in [0.2, 0.25) is 17.7 Å². The summed E-state index contributed by atoms with van der Waals surface area (Å²) in [6.45, 7) is 2.38. The number of rotatable bonds is 8. The molecule has 2 N–H and O–H groups in total. The van der Waals surface area contributed by atoms with Crippen molar-refractivity contribution < 1.29 is 28.7 Å². The summed E-state index contributed by atoms with van der Waals surface area (Å²) in [5.74, 6) is -2.84. The molecule has 1 atom stereocenters. The number of benzene rings is 1. The minimum absolute atomic E-state index is 0.0431. The number of ether oxygens (including phenoxy) is 1. The number of anilines is 1. The third kappa shape index (κ3) is 4.34. The topological polar surface area (TPSA) is 122 Å². The molecule has 3 rings (SSSR count). The van der Waals surface area contributed by atoms with Gasteiger partial charge in [0.05, 0.1) is 16.8 Å². The van der Waals surface area contributed by atoms with Crippen LogP contribution in [0.3, 0.4) is 0 Å². The molecule has 0 bridgehead atoms. The van der Waals surface area contributed by atoms with E-state index in [0.717, 1.165) is 24.2 Å². The summed E-state index contributed by atoms with van der Waals surface area (Å²) in [7, 11) is 0. The molecule has 0 aromatic heterocycles. The Morgan fingerprint density at radius 3 is 2.72 bits per heavy atom. The molecule has 0 radical (unpaired) electrons. The second kappa shape index (κ2) is 8.95. The van der Waals surface area contributed by atoms with Gasteiger partial charge in [0.15, 0.2) is 0 Å². The molecular formula is C20H23N3O6. The first-order chi connectivity index (χ1) is 13.9. The van der Waals surface area contributed by atoms with Gasteiger partial charge in [-0.1, -0.05) is 25.8 Å². The SMILES string of the molecule is CCCCCOCC(=O)Nc1cccc2c1C(=O)N(C1CCC(=O)NC1=O)C2=O. The lowest BCUT2D eigenvalue weighted by Gasteiger charge is -2.27. The van der Waals surface area contributed by atoms with Crippen molar-refractivity contribution in [2.75, 3.05) is 18.5 Å². The van der Waals surface area contributed by atoms with Crippen LogP contribution in [0, 0.1) is 0 Å². The summed E-state index contributed by atoms with van der Waals surface area (Å²) in [5, 5.41) is 4.76. The molecule has 2 heterocycles. The van der Waals surface area contributed by atoms with Crippen molar-refractivity contribution in [2.45, 2.75) is 45.1 Å². The molecule has 1 aromatic rings. The maximum absolute atomic E-state index is 12.9. The maximum atomic E-state index is 12.9. The fourth-order valence-electron chi connectivity index (χ4n) is 3.42. The first kappa shape index (κ1) is 20.7. The van der Waals surface area contributed by atoms with Crippen LogP contribution in [-0.4, -0.2) is 53.7 Å². The van der Waals surface area contributed by atoms with Crippen LogP contribution in [0.15, 0.2) is 18.2 Å². The van der Waals surface area contributed by atoms with Crippen molar-refractivity contribution in [1.29, 1.82) is 0 Å². The van der Waals surface area contributed by atoms with Gasteiger partial charge in [-0.2, -0.15) is 0 Å². The lowest BCUT2D eigenvalue weighted by molar-refractivity contribution is -0.136. The molecule has 0 saturated carbocycles. The highest BCUT2D eigenvalue weighted by Crippen LogP contribution is 2.32. The summed E-state index contributed by atoms with van der Waals surface area (Å²) in [4.78, 5) is 62.2. The molecular weight excluding hydrogens is 378 g/mol. The Hall–Kier alpha value is -3.07. The number of nitrogens with one attached hydrogen (secondary N) is 2. The Labute approximate surface area is 167 Å². The minimum atomic E-state index is -1.05. The normalized spacial score (nSPS) is 18.7. The Morgan fingerprint density at radius 2 is 2.00 bits per heavy atom. The standard InChI is InChI=1S/C20H23N3O6/c1-2-3-4-10-29-11-16(25)21-13-7-5-6-12-17(13)20(28)23(19(12)27)14-8-9-15(24)22-18(14)26/h5-7,14H,2-4,8-11H2,1H3,(H,21,25)(H,22,24,26). The van der Waals surface area contributed by atoms with E-state index in [9.17, 15) is 24.0 Å². The molecule has 0 aliphatic carbocycles. The van der Waals surface area contributed by atoms with Crippen LogP contribution in [0.1, 0.15) is 59.7 Å². The highest BCUT2D eigenvalue weighted by Gasteiger charge is 2.45. The van der Waals surface area contributed by atoms with Gasteiger partial charge >= 0.3 is 0 Å². The van der Waals surface area contributed by atoms with Crippen LogP contribution < -0.4 is 10.6 Å². The van der Waals surface area contributed by atoms with Gasteiger partial charge in [-0.15, -0.1) is 0 Å². The average Bonchev–Trinajstić information content (AvgIpc) is 2.93. The van der Waals surface area contributed by atoms with Gasteiger partial charge in [-0.25, -0.2) is 0 Å². The third-order valence-electron chi connectivity index (χ3n) is 4.87. The third-order valence-corrected chi connectivity index (χ3v) is 4.87. The molecule has 29 heavy (non-hydrogen) atoms. The van der Waals surface area contributed by atoms with E-state index in [-0.39, 0.29) is 36.3 Å². The van der Waals surface area contributed by atoms with Crippen molar-refractivity contribution >= 4 is 35.2 Å². The second-order valence-corrected chi connectivity index (χ2v) is 6.98. The van der Waals surface area contributed by atoms with E-state index in [0.29, 0.717) is 6.61 Å². The zero-order chi connectivity index (χ0) is 21.0. The van der Waals surface area contributed by atoms with Gasteiger partial charge < -0.3 is 10.1 Å². The first-order valence-electron chi connectivity index (χ1n) is 9.66. The van der Waals surface area contributed by atoms with E-state index in [1.54, 1.807) is 6.07 Å². The van der Waals surface area contributed by atoms with Crippen LogP contribution >= 0.6 is 0 Å². The fourth-order valence-corrected chi connectivity index (χ4v) is 3.42. The lowest BCUT2D eigenvalue weighted by Crippen LogP contribution is -2.54. The van der Waals surface area contributed by atoms with Gasteiger partial charge in [0.1, 0.15) is 12.6 Å². The molecule has 9 nitrogen and oxygen atoms in total. The van der Waals surface area contributed by atoms with Crippen molar-refractivity contribution in [3.8, 4) is 0 Å². The highest BCUT2D eigenvalue weighted by molar-refractivity contribution is 6.26. The molecule has 9 heteroatoms. The first-order valence-corrected chi connectivity index (χ1v) is 9.66. The monoisotopic (exact) mass is 401 g/mol. The predicted octanol–water partition coefficient (Wildman–Crippen LogP) is 1.23. The van der Waals surface area contributed by atoms with Crippen molar-refractivity contribution in [1.82, 2.24) is 10.2 Å². The number of carbonyl (C=O) groups excluding carboxylic acids is 5. The summed E-state index contributed by atoms with van der Waals surface area (Å²) in [6.07, 6.45) is 3.04. The van der Waals surface area contributed by atoms with E-state index in [2.05, 4.69) is 17.6 Å². The Bertz CT molecular complexity index is 866. The largest absolute Gasteiger partial charge is 0.372 e. The molecule has 1 aromatic carbocycles. The Kier molecular flexibility index (Phi) is 6.38. The summed E-state index contributed by atoms with van der Waals surface area (Å²) < 4.78 is 5.32. The van der Waals surface area contributed by atoms with E-state index >= 15 is 0 Å². The highest BCUT2D eigenvalue weighted by atomic mass is 16.5. The van der Waals surface area contributed by atoms with Crippen molar-refractivity contribution in [3.63, 3.8) is 0 Å². The number of carbonyl (C=O) groups is 5. The molecule has 154 valence electrons. The number of nitrogens with zero attached hydrogens (tertiary/aromatic N) is 1. The van der Waals surface area contributed by atoms with Gasteiger partial charge in [-0.3, -0.25) is 34.2 Å². The second-order valence-electron chi connectivity index (χ2n) is 6.98. The van der Waals surface area contributed by atoms with E-state index in [1.807, 2.05) is 0 Å². The van der Waals surface area contributed by atoms with Crippen LogP contribution in [-0.2, 0) is 19.1 Å². The fraction of sp³-hybridized carbons (Fsp3) is 0.450. The number of hydrogen-bond donors (Lipinski definition) is 2. The zero-order valence-corrected chi connectivity index (χ0v) is 16.2. The van der Waals surface area contributed by atoms with Crippen LogP contribution in [0.25, 0.3) is 0 Å². The van der Waals surface area contributed by atoms with Crippen molar-refractivity contribution in [2.24, 2.45) is 0 Å². The molecule has 2 aliphatic rings. The quantitative estimate of drug-likeness (QED) is 0.499. The number of fused-ring (bicyclic) bond motifs is 1. The summed E-state index contributed by atoms with van der Waals surface area (Å²) >= 11 is 0. The average molecular weight is 401 g/mol. The van der Waals surface area contributed by atoms with Gasteiger partial charge in [-0.05, 0) is 25.0 Å². The maximum Gasteiger partial charge on any atom is 0.264 e. The minimum Gasteiger partial charge on any atom is -0.372 e. The van der Waals surface area contributed by atoms with Crippen LogP contribution in [0.5, 0.6) is 0 Å². The molecule has 1 saturated heterocycles. The molecule has 1 unspecified atom stereocenters. The number of piperidine rings is 1. The Morgan fingerprint density at radius 1 is 1.21 bits per heavy atom. The molecule has 2 aliphatic heterocycles. The summed E-state index contributed by atoms with van der Waals surface area (Å²) in [5.41, 5.74) is 0.348. The van der Waals surface area contributed by atoms with Crippen LogP contribution in [0.2, 0.25) is 0 Å². The number of unbranched alkanes of at least 4 members (excludes halogenated alkanes) is 2. The van der Waals surface area contributed by atoms with E-state index in [1.165, 1.54) is 12.1 Å². The number of imide groups is 2. The number of hydrogen-bond acceptors (Lipinski definition) is 6. The predicted molar refractivity (Wildman–Crippen MR) is 102 cm³/mol. The summed E-state index contributed by atoms with van der Waals surface area (Å²) in [6, 6.07) is 3.49. The lowest BCUT2D eigenvalue weighted by atomic mass is 10.0. The van der Waals surface area contributed by atoms with E-state index in [4.69, 9.17) is 4.74 Å². The van der Waals surface area contributed by atoms with E-state index < -0.39 is 35.6 Å². The molecule has 5 amide bonds.